The van der Waals surface area contributed by atoms with Crippen molar-refractivity contribution in [3.05, 3.63) is 64.7 Å². The number of nitrogens with zero attached hydrogens (tertiary/aromatic N) is 1. The van der Waals surface area contributed by atoms with E-state index in [1.165, 1.54) is 6.92 Å². The molecule has 106 valence electrons. The Balaban J connectivity index is 2.32. The zero-order valence-corrected chi connectivity index (χ0v) is 12.2. The van der Waals surface area contributed by atoms with Gasteiger partial charge in [0.2, 0.25) is 0 Å². The molecule has 0 atom stereocenters. The van der Waals surface area contributed by atoms with Crippen LogP contribution in [0.3, 0.4) is 0 Å². The lowest BCUT2D eigenvalue weighted by Crippen LogP contribution is -2.05. The summed E-state index contributed by atoms with van der Waals surface area (Å²) in [4.78, 5) is 11.6. The van der Waals surface area contributed by atoms with E-state index >= 15 is 0 Å². The number of ether oxygens (including phenoxy) is 1. The molecule has 0 heterocycles. The van der Waals surface area contributed by atoms with E-state index in [1.54, 1.807) is 12.1 Å². The Morgan fingerprint density at radius 1 is 1.19 bits per heavy atom. The molecule has 0 N–H and O–H groups in total. The van der Waals surface area contributed by atoms with Crippen molar-refractivity contribution in [3.63, 3.8) is 0 Å². The minimum Gasteiger partial charge on any atom is -0.488 e. The van der Waals surface area contributed by atoms with Crippen molar-refractivity contribution in [3.8, 4) is 11.8 Å². The van der Waals surface area contributed by atoms with Crippen molar-refractivity contribution in [2.75, 3.05) is 0 Å². The molecule has 0 fully saturated rings. The Labute approximate surface area is 124 Å². The Kier molecular flexibility index (Phi) is 4.73. The molecule has 0 aliphatic rings. The number of benzene rings is 2. The van der Waals surface area contributed by atoms with E-state index in [1.807, 2.05) is 37.3 Å². The molecule has 0 radical (unpaired) electrons. The van der Waals surface area contributed by atoms with Crippen molar-refractivity contribution in [2.24, 2.45) is 0 Å². The number of carbonyl (C=O) groups is 1. The van der Waals surface area contributed by atoms with Crippen LogP contribution in [0.15, 0.2) is 42.5 Å². The van der Waals surface area contributed by atoms with Crippen LogP contribution in [0.2, 0.25) is 0 Å². The van der Waals surface area contributed by atoms with E-state index in [9.17, 15) is 10.1 Å². The van der Waals surface area contributed by atoms with Gasteiger partial charge in [0.15, 0.2) is 5.78 Å². The van der Waals surface area contributed by atoms with Crippen LogP contribution in [-0.4, -0.2) is 5.78 Å². The van der Waals surface area contributed by atoms with Crippen LogP contribution < -0.4 is 4.74 Å². The summed E-state index contributed by atoms with van der Waals surface area (Å²) < 4.78 is 5.76. The zero-order valence-electron chi connectivity index (χ0n) is 12.2. The van der Waals surface area contributed by atoms with Gasteiger partial charge in [0, 0.05) is 5.56 Å². The number of ketones is 1. The predicted molar refractivity (Wildman–Crippen MR) is 81.3 cm³/mol. The molecule has 0 aliphatic carbocycles. The predicted octanol–water partition coefficient (Wildman–Crippen LogP) is 3.90. The molecule has 0 saturated carbocycles. The molecule has 2 aromatic rings. The number of hydrogen-bond donors (Lipinski definition) is 0. The summed E-state index contributed by atoms with van der Waals surface area (Å²) in [5, 5.41) is 9.39. The van der Waals surface area contributed by atoms with Crippen LogP contribution in [-0.2, 0) is 13.0 Å². The lowest BCUT2D eigenvalue weighted by molar-refractivity contribution is 0.101. The maximum absolute atomic E-state index is 11.6. The number of hydrogen-bond acceptors (Lipinski definition) is 3. The Hall–Kier alpha value is -2.60. The summed E-state index contributed by atoms with van der Waals surface area (Å²) in [6.07, 6.45) is 0.625. The molecule has 0 unspecified atom stereocenters. The van der Waals surface area contributed by atoms with Crippen LogP contribution >= 0.6 is 0 Å². The monoisotopic (exact) mass is 279 g/mol. The summed E-state index contributed by atoms with van der Waals surface area (Å²) in [7, 11) is 0. The first-order valence-electron chi connectivity index (χ1n) is 6.91. The van der Waals surface area contributed by atoms with Crippen LogP contribution in [0.4, 0.5) is 0 Å². The number of Topliss-reactive ketones (excluding diaryl/α,β-unsaturated/α-hetero) is 1. The van der Waals surface area contributed by atoms with Crippen LogP contribution in [0.1, 0.15) is 40.9 Å². The van der Waals surface area contributed by atoms with Gasteiger partial charge < -0.3 is 4.74 Å². The first-order valence-corrected chi connectivity index (χ1v) is 6.91. The highest BCUT2D eigenvalue weighted by Crippen LogP contribution is 2.26. The fourth-order valence-electron chi connectivity index (χ4n) is 2.30. The van der Waals surface area contributed by atoms with Gasteiger partial charge in [-0.1, -0.05) is 37.3 Å². The Morgan fingerprint density at radius 2 is 1.90 bits per heavy atom. The lowest BCUT2D eigenvalue weighted by Gasteiger charge is -2.13. The highest BCUT2D eigenvalue weighted by molar-refractivity contribution is 5.96. The Bertz CT molecular complexity index is 684. The number of rotatable bonds is 5. The highest BCUT2D eigenvalue weighted by atomic mass is 16.5. The summed E-state index contributed by atoms with van der Waals surface area (Å²) in [6, 6.07) is 15.4. The van der Waals surface area contributed by atoms with Crippen molar-refractivity contribution in [2.45, 2.75) is 26.9 Å². The fraction of sp³-hybridized carbons (Fsp3) is 0.222. The van der Waals surface area contributed by atoms with Gasteiger partial charge in [-0.3, -0.25) is 4.79 Å². The molecule has 0 aliphatic heterocycles. The SMILES string of the molecule is CCc1c(C(C)=O)ccc(OCc2ccccc2)c1C#N. The first-order chi connectivity index (χ1) is 10.2. The van der Waals surface area contributed by atoms with Crippen molar-refractivity contribution >= 4 is 5.78 Å². The maximum atomic E-state index is 11.6. The zero-order chi connectivity index (χ0) is 15.2. The summed E-state index contributed by atoms with van der Waals surface area (Å²) >= 11 is 0. The average molecular weight is 279 g/mol. The topological polar surface area (TPSA) is 50.1 Å². The second kappa shape index (κ2) is 6.71. The summed E-state index contributed by atoms with van der Waals surface area (Å²) in [6.45, 7) is 3.85. The van der Waals surface area contributed by atoms with Gasteiger partial charge in [0.25, 0.3) is 0 Å². The van der Waals surface area contributed by atoms with Gasteiger partial charge >= 0.3 is 0 Å². The highest BCUT2D eigenvalue weighted by Gasteiger charge is 2.15. The molecule has 0 spiro atoms. The van der Waals surface area contributed by atoms with Gasteiger partial charge in [-0.25, -0.2) is 0 Å². The minimum atomic E-state index is -0.0297. The summed E-state index contributed by atoms with van der Waals surface area (Å²) in [5.41, 5.74) is 2.85. The van der Waals surface area contributed by atoms with E-state index < -0.39 is 0 Å². The first kappa shape index (κ1) is 14.8. The van der Waals surface area contributed by atoms with E-state index in [0.29, 0.717) is 29.9 Å². The van der Waals surface area contributed by atoms with Crippen molar-refractivity contribution in [1.29, 1.82) is 5.26 Å². The third-order valence-electron chi connectivity index (χ3n) is 3.36. The fourth-order valence-corrected chi connectivity index (χ4v) is 2.30. The molecule has 0 saturated heterocycles. The van der Waals surface area contributed by atoms with E-state index in [2.05, 4.69) is 6.07 Å². The van der Waals surface area contributed by atoms with Gasteiger partial charge in [0.1, 0.15) is 18.4 Å². The average Bonchev–Trinajstić information content (AvgIpc) is 2.52. The minimum absolute atomic E-state index is 0.0297. The number of carbonyl (C=O) groups excluding carboxylic acids is 1. The molecule has 0 bridgehead atoms. The lowest BCUT2D eigenvalue weighted by atomic mass is 9.96. The quantitative estimate of drug-likeness (QED) is 0.780. The van der Waals surface area contributed by atoms with Crippen LogP contribution in [0.25, 0.3) is 0 Å². The van der Waals surface area contributed by atoms with E-state index in [0.717, 1.165) is 11.1 Å². The van der Waals surface area contributed by atoms with E-state index in [4.69, 9.17) is 4.74 Å². The molecule has 3 heteroatoms. The molecule has 3 nitrogen and oxygen atoms in total. The molecule has 0 amide bonds. The van der Waals surface area contributed by atoms with Crippen molar-refractivity contribution in [1.82, 2.24) is 0 Å². The molecular formula is C18H17NO2. The third-order valence-corrected chi connectivity index (χ3v) is 3.36. The van der Waals surface area contributed by atoms with Crippen LogP contribution in [0.5, 0.6) is 5.75 Å². The Morgan fingerprint density at radius 3 is 2.48 bits per heavy atom. The van der Waals surface area contributed by atoms with E-state index in [-0.39, 0.29) is 5.78 Å². The second-order valence-electron chi connectivity index (χ2n) is 4.76. The smallest absolute Gasteiger partial charge is 0.160 e. The van der Waals surface area contributed by atoms with Gasteiger partial charge in [-0.2, -0.15) is 5.26 Å². The van der Waals surface area contributed by atoms with Crippen molar-refractivity contribution < 1.29 is 9.53 Å². The summed E-state index contributed by atoms with van der Waals surface area (Å²) in [5.74, 6) is 0.501. The molecule has 0 aromatic heterocycles. The standard InChI is InChI=1S/C18H17NO2/c1-3-15-16(13(2)20)9-10-18(17(15)11-19)21-12-14-7-5-4-6-8-14/h4-10H,3,12H2,1-2H3. The van der Waals surface area contributed by atoms with Crippen LogP contribution in [0, 0.1) is 11.3 Å². The van der Waals surface area contributed by atoms with Gasteiger partial charge in [-0.15, -0.1) is 0 Å². The normalized spacial score (nSPS) is 9.95. The molecular weight excluding hydrogens is 262 g/mol. The molecule has 21 heavy (non-hydrogen) atoms. The molecule has 2 aromatic carbocycles. The van der Waals surface area contributed by atoms with Gasteiger partial charge in [-0.05, 0) is 36.6 Å². The molecule has 2 rings (SSSR count). The maximum Gasteiger partial charge on any atom is 0.160 e. The second-order valence-corrected chi connectivity index (χ2v) is 4.76. The third kappa shape index (κ3) is 3.29. The van der Waals surface area contributed by atoms with Gasteiger partial charge in [0.05, 0.1) is 5.56 Å². The number of nitriles is 1. The largest absolute Gasteiger partial charge is 0.488 e.